The molecule has 0 N–H and O–H groups in total. The van der Waals surface area contributed by atoms with Gasteiger partial charge in [-0.3, -0.25) is 0 Å². The summed E-state index contributed by atoms with van der Waals surface area (Å²) >= 11 is 0. The van der Waals surface area contributed by atoms with Crippen LogP contribution in [-0.4, -0.2) is 0 Å². The zero-order valence-corrected chi connectivity index (χ0v) is 23.6. The number of benzene rings is 6. The molecular formula is C41H33N. The van der Waals surface area contributed by atoms with Crippen molar-refractivity contribution in [1.29, 1.82) is 0 Å². The summed E-state index contributed by atoms with van der Waals surface area (Å²) in [6, 6.07) is 56.2. The van der Waals surface area contributed by atoms with Gasteiger partial charge in [-0.25, -0.2) is 0 Å². The van der Waals surface area contributed by atoms with Crippen molar-refractivity contribution in [2.24, 2.45) is 0 Å². The molecular weight excluding hydrogens is 506 g/mol. The number of anilines is 3. The molecule has 202 valence electrons. The van der Waals surface area contributed by atoms with E-state index in [0.29, 0.717) is 0 Å². The van der Waals surface area contributed by atoms with Gasteiger partial charge in [-0.1, -0.05) is 152 Å². The van der Waals surface area contributed by atoms with E-state index >= 15 is 0 Å². The summed E-state index contributed by atoms with van der Waals surface area (Å²) in [4.78, 5) is 2.38. The molecule has 0 radical (unpaired) electrons. The second-order valence-electron chi connectivity index (χ2n) is 10.3. The lowest BCUT2D eigenvalue weighted by Gasteiger charge is -2.29. The maximum atomic E-state index is 3.92. The highest BCUT2D eigenvalue weighted by Gasteiger charge is 2.19. The fourth-order valence-corrected chi connectivity index (χ4v) is 5.47. The molecule has 0 atom stereocenters. The van der Waals surface area contributed by atoms with Crippen molar-refractivity contribution in [1.82, 2.24) is 0 Å². The Labute approximate surface area is 249 Å². The number of para-hydroxylation sites is 1. The molecule has 1 heteroatoms. The molecule has 6 aromatic rings. The molecule has 0 spiro atoms. The number of hydrogen-bond donors (Lipinski definition) is 0. The molecule has 0 saturated heterocycles. The highest BCUT2D eigenvalue weighted by atomic mass is 15.1. The fraction of sp³-hybridized carbons (Fsp3) is 0.0244. The van der Waals surface area contributed by atoms with Crippen LogP contribution in [0.4, 0.5) is 17.1 Å². The standard InChI is InChI=1S/C41H33N/c1-2-3-18-36-21-14-25-40(41(36)37-28-26-35(27-29-37)34-19-9-5-10-20-34)42(38-22-11-6-12-23-38)39-24-13-17-33(31-39)30-32-15-7-4-8-16-32/h2-29,31H,1,30H2/b18-3-. The molecule has 0 unspecified atom stereocenters. The van der Waals surface area contributed by atoms with Crippen molar-refractivity contribution < 1.29 is 0 Å². The van der Waals surface area contributed by atoms with Crippen molar-refractivity contribution in [3.05, 3.63) is 193 Å². The molecule has 0 saturated carbocycles. The smallest absolute Gasteiger partial charge is 0.0546 e. The molecule has 0 aliphatic carbocycles. The van der Waals surface area contributed by atoms with Crippen LogP contribution in [0.3, 0.4) is 0 Å². The zero-order valence-electron chi connectivity index (χ0n) is 23.6. The van der Waals surface area contributed by atoms with Gasteiger partial charge in [0.25, 0.3) is 0 Å². The Hall–Kier alpha value is -5.40. The largest absolute Gasteiger partial charge is 0.310 e. The molecule has 0 bridgehead atoms. The van der Waals surface area contributed by atoms with Crippen molar-refractivity contribution in [2.45, 2.75) is 6.42 Å². The summed E-state index contributed by atoms with van der Waals surface area (Å²) in [5.41, 5.74) is 11.8. The first-order valence-corrected chi connectivity index (χ1v) is 14.4. The molecule has 6 rings (SSSR count). The molecule has 6 aromatic carbocycles. The molecule has 0 aromatic heterocycles. The van der Waals surface area contributed by atoms with Gasteiger partial charge in [-0.15, -0.1) is 0 Å². The Bertz CT molecular complexity index is 1780. The Balaban J connectivity index is 1.51. The summed E-state index contributed by atoms with van der Waals surface area (Å²) in [6.07, 6.45) is 6.87. The summed E-state index contributed by atoms with van der Waals surface area (Å²) < 4.78 is 0. The average Bonchev–Trinajstić information content (AvgIpc) is 3.06. The topological polar surface area (TPSA) is 3.24 Å². The second kappa shape index (κ2) is 12.8. The van der Waals surface area contributed by atoms with E-state index in [0.717, 1.165) is 34.6 Å². The van der Waals surface area contributed by atoms with Crippen LogP contribution >= 0.6 is 0 Å². The van der Waals surface area contributed by atoms with Crippen LogP contribution in [0.15, 0.2) is 176 Å². The van der Waals surface area contributed by atoms with Gasteiger partial charge in [0.05, 0.1) is 5.69 Å². The minimum atomic E-state index is 0.882. The van der Waals surface area contributed by atoms with E-state index in [-0.39, 0.29) is 0 Å². The summed E-state index contributed by atoms with van der Waals surface area (Å²) in [5.74, 6) is 0. The van der Waals surface area contributed by atoms with Crippen molar-refractivity contribution in [3.8, 4) is 22.3 Å². The summed E-state index contributed by atoms with van der Waals surface area (Å²) in [5, 5.41) is 0. The first kappa shape index (κ1) is 26.8. The van der Waals surface area contributed by atoms with Gasteiger partial charge in [0, 0.05) is 16.9 Å². The molecule has 42 heavy (non-hydrogen) atoms. The highest BCUT2D eigenvalue weighted by molar-refractivity contribution is 5.93. The SMILES string of the molecule is C=C/C=C\c1cccc(N(c2ccccc2)c2cccc(Cc3ccccc3)c2)c1-c1ccc(-c2ccccc2)cc1. The molecule has 0 fully saturated rings. The third-order valence-corrected chi connectivity index (χ3v) is 7.44. The van der Waals surface area contributed by atoms with E-state index in [1.807, 2.05) is 12.2 Å². The third kappa shape index (κ3) is 6.01. The van der Waals surface area contributed by atoms with Crippen LogP contribution in [0.25, 0.3) is 28.3 Å². The van der Waals surface area contributed by atoms with Crippen molar-refractivity contribution in [3.63, 3.8) is 0 Å². The van der Waals surface area contributed by atoms with Crippen LogP contribution in [0.1, 0.15) is 16.7 Å². The van der Waals surface area contributed by atoms with Crippen molar-refractivity contribution >= 4 is 23.1 Å². The highest BCUT2D eigenvalue weighted by Crippen LogP contribution is 2.43. The molecule has 0 amide bonds. The lowest BCUT2D eigenvalue weighted by Crippen LogP contribution is -2.12. The summed E-state index contributed by atoms with van der Waals surface area (Å²) in [6.45, 7) is 3.92. The minimum absolute atomic E-state index is 0.882. The van der Waals surface area contributed by atoms with Crippen LogP contribution in [0.2, 0.25) is 0 Å². The van der Waals surface area contributed by atoms with Gasteiger partial charge < -0.3 is 4.90 Å². The maximum Gasteiger partial charge on any atom is 0.0546 e. The van der Waals surface area contributed by atoms with Crippen LogP contribution in [-0.2, 0) is 6.42 Å². The van der Waals surface area contributed by atoms with Crippen LogP contribution in [0.5, 0.6) is 0 Å². The Kier molecular flexibility index (Phi) is 8.20. The van der Waals surface area contributed by atoms with Gasteiger partial charge in [0.1, 0.15) is 0 Å². The first-order chi connectivity index (χ1) is 20.8. The zero-order chi connectivity index (χ0) is 28.6. The van der Waals surface area contributed by atoms with Gasteiger partial charge >= 0.3 is 0 Å². The van der Waals surface area contributed by atoms with E-state index in [2.05, 4.69) is 175 Å². The Morgan fingerprint density at radius 2 is 1.07 bits per heavy atom. The van der Waals surface area contributed by atoms with E-state index in [4.69, 9.17) is 0 Å². The number of nitrogens with zero attached hydrogens (tertiary/aromatic N) is 1. The lowest BCUT2D eigenvalue weighted by molar-refractivity contribution is 1.18. The minimum Gasteiger partial charge on any atom is -0.310 e. The Morgan fingerprint density at radius 3 is 1.79 bits per heavy atom. The van der Waals surface area contributed by atoms with Gasteiger partial charge in [0.2, 0.25) is 0 Å². The van der Waals surface area contributed by atoms with Crippen molar-refractivity contribution in [2.75, 3.05) is 4.90 Å². The summed E-state index contributed by atoms with van der Waals surface area (Å²) in [7, 11) is 0. The lowest BCUT2D eigenvalue weighted by atomic mass is 9.94. The number of rotatable bonds is 9. The molecule has 0 aliphatic rings. The van der Waals surface area contributed by atoms with Crippen LogP contribution < -0.4 is 4.90 Å². The van der Waals surface area contributed by atoms with E-state index < -0.39 is 0 Å². The normalized spacial score (nSPS) is 11.0. The first-order valence-electron chi connectivity index (χ1n) is 14.4. The average molecular weight is 540 g/mol. The second-order valence-corrected chi connectivity index (χ2v) is 10.3. The maximum absolute atomic E-state index is 3.92. The van der Waals surface area contributed by atoms with E-state index in [9.17, 15) is 0 Å². The van der Waals surface area contributed by atoms with Gasteiger partial charge in [-0.05, 0) is 70.1 Å². The number of allylic oxidation sites excluding steroid dienone is 2. The quantitative estimate of drug-likeness (QED) is 0.165. The monoisotopic (exact) mass is 539 g/mol. The van der Waals surface area contributed by atoms with E-state index in [1.54, 1.807) is 0 Å². The fourth-order valence-electron chi connectivity index (χ4n) is 5.47. The molecule has 0 heterocycles. The van der Waals surface area contributed by atoms with E-state index in [1.165, 1.54) is 27.8 Å². The molecule has 0 aliphatic heterocycles. The van der Waals surface area contributed by atoms with Gasteiger partial charge in [-0.2, -0.15) is 0 Å². The predicted octanol–water partition coefficient (Wildman–Crippen LogP) is 11.3. The van der Waals surface area contributed by atoms with Gasteiger partial charge in [0.15, 0.2) is 0 Å². The Morgan fingerprint density at radius 1 is 0.500 bits per heavy atom. The predicted molar refractivity (Wildman–Crippen MR) is 180 cm³/mol. The molecule has 1 nitrogen and oxygen atoms in total. The van der Waals surface area contributed by atoms with Crippen LogP contribution in [0, 0.1) is 0 Å². The number of hydrogen-bond acceptors (Lipinski definition) is 1. The third-order valence-electron chi connectivity index (χ3n) is 7.44.